The fourth-order valence-electron chi connectivity index (χ4n) is 0.982. The van der Waals surface area contributed by atoms with Gasteiger partial charge >= 0.3 is 11.9 Å². The van der Waals surface area contributed by atoms with E-state index in [9.17, 15) is 14.7 Å². The predicted octanol–water partition coefficient (Wildman–Crippen LogP) is -1.89. The van der Waals surface area contributed by atoms with Gasteiger partial charge in [-0.05, 0) is 6.92 Å². The van der Waals surface area contributed by atoms with E-state index in [0.29, 0.717) is 0 Å². The van der Waals surface area contributed by atoms with Crippen molar-refractivity contribution in [2.75, 3.05) is 0 Å². The van der Waals surface area contributed by atoms with E-state index < -0.39 is 29.7 Å². The minimum absolute atomic E-state index is 1.03. The molecule has 6 heteroatoms. The number of carboxylic acid groups (broad SMARTS) is 1. The van der Waals surface area contributed by atoms with Crippen molar-refractivity contribution in [2.24, 2.45) is 0 Å². The van der Waals surface area contributed by atoms with E-state index >= 15 is 0 Å². The Balaban J connectivity index is 2.95. The maximum atomic E-state index is 10.6. The highest BCUT2D eigenvalue weighted by Crippen LogP contribution is 2.26. The molecule has 1 aliphatic rings. The van der Waals surface area contributed by atoms with Gasteiger partial charge in [-0.1, -0.05) is 0 Å². The molecule has 0 bridgehead atoms. The molecule has 12 heavy (non-hydrogen) atoms. The molecule has 0 saturated carbocycles. The standard InChI is InChI=1S/C6H8O6/c1-6(11)2(7)5(10)12-3(6)4(8)9/h2-3,7,11H,1H3,(H,8,9). The average Bonchev–Trinajstić information content (AvgIpc) is 2.13. The van der Waals surface area contributed by atoms with E-state index in [0.717, 1.165) is 6.92 Å². The molecule has 0 aromatic rings. The largest absolute Gasteiger partial charge is 0.478 e. The van der Waals surface area contributed by atoms with Gasteiger partial charge in [0.2, 0.25) is 6.10 Å². The summed E-state index contributed by atoms with van der Waals surface area (Å²) >= 11 is 0. The Labute approximate surface area is 67.4 Å². The number of ether oxygens (including phenoxy) is 1. The van der Waals surface area contributed by atoms with Crippen molar-refractivity contribution < 1.29 is 29.6 Å². The smallest absolute Gasteiger partial charge is 0.348 e. The number of carboxylic acids is 1. The SMILES string of the molecule is CC1(O)C(O)C(=O)OC1C(=O)O. The Bertz CT molecular complexity index is 232. The van der Waals surface area contributed by atoms with E-state index in [1.54, 1.807) is 0 Å². The Morgan fingerprint density at radius 2 is 2.17 bits per heavy atom. The van der Waals surface area contributed by atoms with Crippen molar-refractivity contribution >= 4 is 11.9 Å². The van der Waals surface area contributed by atoms with E-state index in [-0.39, 0.29) is 0 Å². The van der Waals surface area contributed by atoms with Crippen molar-refractivity contribution in [3.8, 4) is 0 Å². The number of hydrogen-bond donors (Lipinski definition) is 3. The molecule has 1 rings (SSSR count). The maximum Gasteiger partial charge on any atom is 0.348 e. The second-order valence-electron chi connectivity index (χ2n) is 2.78. The summed E-state index contributed by atoms with van der Waals surface area (Å²) in [6.45, 7) is 1.03. The highest BCUT2D eigenvalue weighted by Gasteiger charge is 2.56. The summed E-state index contributed by atoms with van der Waals surface area (Å²) in [5, 5.41) is 26.7. The van der Waals surface area contributed by atoms with Crippen LogP contribution in [0.4, 0.5) is 0 Å². The molecule has 6 nitrogen and oxygen atoms in total. The molecule has 68 valence electrons. The van der Waals surface area contributed by atoms with Crippen LogP contribution in [-0.4, -0.2) is 45.1 Å². The molecular formula is C6H8O6. The third kappa shape index (κ3) is 1.05. The van der Waals surface area contributed by atoms with Gasteiger partial charge in [0, 0.05) is 0 Å². The van der Waals surface area contributed by atoms with Gasteiger partial charge in [-0.2, -0.15) is 0 Å². The summed E-state index contributed by atoms with van der Waals surface area (Å²) in [6, 6.07) is 0. The third-order valence-electron chi connectivity index (χ3n) is 1.77. The van der Waals surface area contributed by atoms with Crippen LogP contribution in [0.3, 0.4) is 0 Å². The van der Waals surface area contributed by atoms with Gasteiger partial charge in [0.25, 0.3) is 0 Å². The van der Waals surface area contributed by atoms with E-state index in [4.69, 9.17) is 10.2 Å². The Morgan fingerprint density at radius 1 is 1.67 bits per heavy atom. The van der Waals surface area contributed by atoms with Gasteiger partial charge in [-0.25, -0.2) is 9.59 Å². The number of aliphatic carboxylic acids is 1. The molecule has 3 atom stereocenters. The normalized spacial score (nSPS) is 41.1. The topological polar surface area (TPSA) is 104 Å². The molecule has 0 amide bonds. The first-order valence-corrected chi connectivity index (χ1v) is 3.21. The van der Waals surface area contributed by atoms with E-state index in [2.05, 4.69) is 4.74 Å². The lowest BCUT2D eigenvalue weighted by Crippen LogP contribution is -2.48. The fraction of sp³-hybridized carbons (Fsp3) is 0.667. The Kier molecular flexibility index (Phi) is 1.81. The molecule has 1 heterocycles. The van der Waals surface area contributed by atoms with Crippen molar-refractivity contribution in [3.63, 3.8) is 0 Å². The number of carbonyl (C=O) groups excluding carboxylic acids is 1. The lowest BCUT2D eigenvalue weighted by molar-refractivity contribution is -0.163. The molecule has 3 N–H and O–H groups in total. The van der Waals surface area contributed by atoms with Crippen LogP contribution in [0.15, 0.2) is 0 Å². The number of aliphatic hydroxyl groups is 2. The van der Waals surface area contributed by atoms with Crippen molar-refractivity contribution in [1.29, 1.82) is 0 Å². The van der Waals surface area contributed by atoms with Crippen LogP contribution in [0.25, 0.3) is 0 Å². The Hall–Kier alpha value is -1.14. The average molecular weight is 176 g/mol. The van der Waals surface area contributed by atoms with Gasteiger partial charge in [-0.3, -0.25) is 0 Å². The molecule has 1 fully saturated rings. The minimum Gasteiger partial charge on any atom is -0.478 e. The van der Waals surface area contributed by atoms with Crippen molar-refractivity contribution in [1.82, 2.24) is 0 Å². The van der Waals surface area contributed by atoms with Crippen LogP contribution >= 0.6 is 0 Å². The van der Waals surface area contributed by atoms with Gasteiger partial charge in [0.15, 0.2) is 6.10 Å². The second-order valence-corrected chi connectivity index (χ2v) is 2.78. The van der Waals surface area contributed by atoms with Crippen LogP contribution in [0.5, 0.6) is 0 Å². The number of rotatable bonds is 1. The van der Waals surface area contributed by atoms with Crippen LogP contribution < -0.4 is 0 Å². The number of carbonyl (C=O) groups is 2. The zero-order valence-corrected chi connectivity index (χ0v) is 6.22. The molecule has 0 aromatic heterocycles. The molecule has 1 saturated heterocycles. The number of hydrogen-bond acceptors (Lipinski definition) is 5. The highest BCUT2D eigenvalue weighted by molar-refractivity contribution is 5.87. The molecule has 0 spiro atoms. The molecule has 0 aromatic carbocycles. The summed E-state index contributed by atoms with van der Waals surface area (Å²) < 4.78 is 4.21. The molecule has 3 unspecified atom stereocenters. The van der Waals surface area contributed by atoms with Crippen LogP contribution in [-0.2, 0) is 14.3 Å². The fourth-order valence-corrected chi connectivity index (χ4v) is 0.982. The second kappa shape index (κ2) is 2.43. The third-order valence-corrected chi connectivity index (χ3v) is 1.77. The summed E-state index contributed by atoms with van der Waals surface area (Å²) in [6.07, 6.45) is -3.49. The van der Waals surface area contributed by atoms with Crippen LogP contribution in [0, 0.1) is 0 Å². The first kappa shape index (κ1) is 8.95. The van der Waals surface area contributed by atoms with Gasteiger partial charge in [0.1, 0.15) is 5.60 Å². The molecular weight excluding hydrogens is 168 g/mol. The molecule has 1 aliphatic heterocycles. The zero-order chi connectivity index (χ0) is 9.52. The van der Waals surface area contributed by atoms with Gasteiger partial charge < -0.3 is 20.1 Å². The summed E-state index contributed by atoms with van der Waals surface area (Å²) in [5.74, 6) is -2.60. The van der Waals surface area contributed by atoms with Crippen molar-refractivity contribution in [2.45, 2.75) is 24.7 Å². The summed E-state index contributed by atoms with van der Waals surface area (Å²) in [4.78, 5) is 21.0. The van der Waals surface area contributed by atoms with E-state index in [1.807, 2.05) is 0 Å². The first-order chi connectivity index (χ1) is 5.37. The molecule has 0 aliphatic carbocycles. The molecule has 0 radical (unpaired) electrons. The van der Waals surface area contributed by atoms with Crippen LogP contribution in [0.1, 0.15) is 6.92 Å². The highest BCUT2D eigenvalue weighted by atomic mass is 16.6. The van der Waals surface area contributed by atoms with Gasteiger partial charge in [0.05, 0.1) is 0 Å². The van der Waals surface area contributed by atoms with Gasteiger partial charge in [-0.15, -0.1) is 0 Å². The monoisotopic (exact) mass is 176 g/mol. The number of esters is 1. The minimum atomic E-state index is -2.05. The lowest BCUT2D eigenvalue weighted by Gasteiger charge is -2.20. The van der Waals surface area contributed by atoms with E-state index in [1.165, 1.54) is 0 Å². The maximum absolute atomic E-state index is 10.6. The predicted molar refractivity (Wildman–Crippen MR) is 34.1 cm³/mol. The summed E-state index contributed by atoms with van der Waals surface area (Å²) in [7, 11) is 0. The quantitative estimate of drug-likeness (QED) is 0.403. The summed E-state index contributed by atoms with van der Waals surface area (Å²) in [5.41, 5.74) is -2.05. The lowest BCUT2D eigenvalue weighted by atomic mass is 9.96. The zero-order valence-electron chi connectivity index (χ0n) is 6.22. The first-order valence-electron chi connectivity index (χ1n) is 3.21. The number of aliphatic hydroxyl groups excluding tert-OH is 1. The van der Waals surface area contributed by atoms with Crippen LogP contribution in [0.2, 0.25) is 0 Å². The Morgan fingerprint density at radius 3 is 2.33 bits per heavy atom. The van der Waals surface area contributed by atoms with Crippen molar-refractivity contribution in [3.05, 3.63) is 0 Å². The number of cyclic esters (lactones) is 1.